The predicted octanol–water partition coefficient (Wildman–Crippen LogP) is 3.41. The van der Waals surface area contributed by atoms with Crippen molar-refractivity contribution < 1.29 is 4.39 Å². The summed E-state index contributed by atoms with van der Waals surface area (Å²) in [5.74, 6) is 0.554. The largest absolute Gasteiger partial charge is 0.342 e. The number of hydrogen-bond donors (Lipinski definition) is 2. The molecule has 2 aromatic rings. The predicted molar refractivity (Wildman–Crippen MR) is 75.8 cm³/mol. The van der Waals surface area contributed by atoms with Crippen molar-refractivity contribution in [3.63, 3.8) is 0 Å². The molecule has 0 fully saturated rings. The molecule has 0 aliphatic rings. The van der Waals surface area contributed by atoms with Gasteiger partial charge in [-0.15, -0.1) is 0 Å². The van der Waals surface area contributed by atoms with Crippen LogP contribution in [0, 0.1) is 5.82 Å². The number of H-pyrrole nitrogens is 1. The van der Waals surface area contributed by atoms with Crippen molar-refractivity contribution in [2.75, 3.05) is 6.54 Å². The first-order chi connectivity index (χ1) is 9.06. The van der Waals surface area contributed by atoms with Crippen molar-refractivity contribution in [3.05, 3.63) is 41.1 Å². The lowest BCUT2D eigenvalue weighted by Gasteiger charge is -2.06. The summed E-state index contributed by atoms with van der Waals surface area (Å²) in [6, 6.07) is 4.81. The molecular weight excluding hydrogens is 265 g/mol. The molecule has 0 saturated carbocycles. The third-order valence-electron chi connectivity index (χ3n) is 2.76. The Hall–Kier alpha value is -1.39. The monoisotopic (exact) mass is 281 g/mol. The van der Waals surface area contributed by atoms with Crippen LogP contribution >= 0.6 is 11.6 Å². The molecule has 0 spiro atoms. The van der Waals surface area contributed by atoms with Crippen LogP contribution in [0.3, 0.4) is 0 Å². The Balaban J connectivity index is 2.08. The van der Waals surface area contributed by atoms with Gasteiger partial charge in [-0.05, 0) is 18.2 Å². The van der Waals surface area contributed by atoms with Gasteiger partial charge in [0.25, 0.3) is 0 Å². The van der Waals surface area contributed by atoms with Crippen LogP contribution in [0.4, 0.5) is 4.39 Å². The summed E-state index contributed by atoms with van der Waals surface area (Å²) in [5, 5.41) is 3.71. The third kappa shape index (κ3) is 3.78. The van der Waals surface area contributed by atoms with Crippen LogP contribution in [0.5, 0.6) is 0 Å². The van der Waals surface area contributed by atoms with Gasteiger partial charge in [0.15, 0.2) is 0 Å². The molecule has 1 aromatic heterocycles. The minimum absolute atomic E-state index is 0.338. The quantitative estimate of drug-likeness (QED) is 0.882. The van der Waals surface area contributed by atoms with Crippen LogP contribution in [0.1, 0.15) is 19.7 Å². The average molecular weight is 282 g/mol. The minimum atomic E-state index is -0.338. The molecular formula is C14H17ClFN3. The van der Waals surface area contributed by atoms with E-state index >= 15 is 0 Å². The Bertz CT molecular complexity index is 551. The zero-order chi connectivity index (χ0) is 13.8. The van der Waals surface area contributed by atoms with E-state index in [0.29, 0.717) is 11.1 Å². The van der Waals surface area contributed by atoms with E-state index in [0.717, 1.165) is 30.0 Å². The minimum Gasteiger partial charge on any atom is -0.342 e. The molecule has 102 valence electrons. The molecule has 0 unspecified atom stereocenters. The van der Waals surface area contributed by atoms with Gasteiger partial charge in [-0.3, -0.25) is 0 Å². The Morgan fingerprint density at radius 2 is 2.21 bits per heavy atom. The number of benzene rings is 1. The molecule has 1 aromatic carbocycles. The van der Waals surface area contributed by atoms with E-state index in [-0.39, 0.29) is 5.82 Å². The number of nitrogens with one attached hydrogen (secondary N) is 2. The molecule has 3 nitrogen and oxygen atoms in total. The summed E-state index contributed by atoms with van der Waals surface area (Å²) in [7, 11) is 0. The van der Waals surface area contributed by atoms with E-state index in [9.17, 15) is 4.39 Å². The molecule has 0 amide bonds. The van der Waals surface area contributed by atoms with Gasteiger partial charge in [0.05, 0.1) is 16.9 Å². The van der Waals surface area contributed by atoms with Crippen LogP contribution in [-0.2, 0) is 6.42 Å². The normalized spacial score (nSPS) is 11.2. The first-order valence-corrected chi connectivity index (χ1v) is 6.66. The van der Waals surface area contributed by atoms with Crippen LogP contribution in [0.2, 0.25) is 5.02 Å². The highest BCUT2D eigenvalue weighted by Gasteiger charge is 2.08. The Morgan fingerprint density at radius 1 is 1.42 bits per heavy atom. The second kappa shape index (κ2) is 6.17. The van der Waals surface area contributed by atoms with Gasteiger partial charge in [-0.25, -0.2) is 9.37 Å². The van der Waals surface area contributed by atoms with Gasteiger partial charge in [-0.1, -0.05) is 25.4 Å². The first-order valence-electron chi connectivity index (χ1n) is 6.29. The zero-order valence-electron chi connectivity index (χ0n) is 11.0. The molecule has 0 saturated heterocycles. The van der Waals surface area contributed by atoms with Crippen LogP contribution in [0.25, 0.3) is 11.3 Å². The topological polar surface area (TPSA) is 40.7 Å². The number of aromatic nitrogens is 2. The maximum atomic E-state index is 13.0. The van der Waals surface area contributed by atoms with Gasteiger partial charge < -0.3 is 10.3 Å². The van der Waals surface area contributed by atoms with Crippen molar-refractivity contribution in [2.24, 2.45) is 0 Å². The number of aromatic amines is 1. The smallest absolute Gasteiger partial charge is 0.124 e. The number of halogens is 2. The van der Waals surface area contributed by atoms with E-state index in [4.69, 9.17) is 11.6 Å². The summed E-state index contributed by atoms with van der Waals surface area (Å²) >= 11 is 6.02. The van der Waals surface area contributed by atoms with Gasteiger partial charge in [0.2, 0.25) is 0 Å². The lowest BCUT2D eigenvalue weighted by Crippen LogP contribution is -2.25. The SMILES string of the molecule is CC(C)NCCc1ncc(-c2ccc(F)cc2Cl)[nH]1. The number of imidazole rings is 1. The maximum absolute atomic E-state index is 13.0. The average Bonchev–Trinajstić information content (AvgIpc) is 2.77. The van der Waals surface area contributed by atoms with E-state index in [2.05, 4.69) is 29.1 Å². The fraction of sp³-hybridized carbons (Fsp3) is 0.357. The standard InChI is InChI=1S/C14H17ClFN3/c1-9(2)17-6-5-14-18-8-13(19-14)11-4-3-10(16)7-12(11)15/h3-4,7-9,17H,5-6H2,1-2H3,(H,18,19). The number of hydrogen-bond acceptors (Lipinski definition) is 2. The summed E-state index contributed by atoms with van der Waals surface area (Å²) in [5.41, 5.74) is 1.57. The lowest BCUT2D eigenvalue weighted by atomic mass is 10.2. The fourth-order valence-electron chi connectivity index (χ4n) is 1.81. The highest BCUT2D eigenvalue weighted by Crippen LogP contribution is 2.27. The highest BCUT2D eigenvalue weighted by atomic mass is 35.5. The molecule has 0 aliphatic carbocycles. The molecule has 0 radical (unpaired) electrons. The van der Waals surface area contributed by atoms with Crippen LogP contribution in [0.15, 0.2) is 24.4 Å². The molecule has 1 heterocycles. The second-order valence-electron chi connectivity index (χ2n) is 4.73. The Morgan fingerprint density at radius 3 is 2.89 bits per heavy atom. The molecule has 2 N–H and O–H groups in total. The number of nitrogens with zero attached hydrogens (tertiary/aromatic N) is 1. The molecule has 19 heavy (non-hydrogen) atoms. The summed E-state index contributed by atoms with van der Waals surface area (Å²) < 4.78 is 13.0. The number of rotatable bonds is 5. The third-order valence-corrected chi connectivity index (χ3v) is 3.08. The summed E-state index contributed by atoms with van der Waals surface area (Å²) in [6.07, 6.45) is 2.54. The van der Waals surface area contributed by atoms with E-state index in [1.807, 2.05) is 0 Å². The highest BCUT2D eigenvalue weighted by molar-refractivity contribution is 6.33. The molecule has 2 rings (SSSR count). The van der Waals surface area contributed by atoms with Crippen molar-refractivity contribution in [3.8, 4) is 11.3 Å². The lowest BCUT2D eigenvalue weighted by molar-refractivity contribution is 0.584. The van der Waals surface area contributed by atoms with Gasteiger partial charge >= 0.3 is 0 Å². The summed E-state index contributed by atoms with van der Waals surface area (Å²) in [6.45, 7) is 5.07. The summed E-state index contributed by atoms with van der Waals surface area (Å²) in [4.78, 5) is 7.51. The van der Waals surface area contributed by atoms with Crippen molar-refractivity contribution in [1.29, 1.82) is 0 Å². The molecule has 0 bridgehead atoms. The van der Waals surface area contributed by atoms with Crippen molar-refractivity contribution >= 4 is 11.6 Å². The molecule has 0 atom stereocenters. The van der Waals surface area contributed by atoms with Crippen molar-refractivity contribution in [1.82, 2.24) is 15.3 Å². The van der Waals surface area contributed by atoms with E-state index in [1.54, 1.807) is 12.3 Å². The Labute approximate surface area is 117 Å². The first kappa shape index (κ1) is 14.0. The molecule has 5 heteroatoms. The van der Waals surface area contributed by atoms with Crippen LogP contribution < -0.4 is 5.32 Å². The maximum Gasteiger partial charge on any atom is 0.124 e. The van der Waals surface area contributed by atoms with Gasteiger partial charge in [0, 0.05) is 24.6 Å². The molecule has 0 aliphatic heterocycles. The van der Waals surface area contributed by atoms with Gasteiger partial charge in [-0.2, -0.15) is 0 Å². The Kier molecular flexibility index (Phi) is 4.56. The second-order valence-corrected chi connectivity index (χ2v) is 5.13. The van der Waals surface area contributed by atoms with Gasteiger partial charge in [0.1, 0.15) is 11.6 Å². The zero-order valence-corrected chi connectivity index (χ0v) is 11.8. The van der Waals surface area contributed by atoms with E-state index < -0.39 is 0 Å². The fourth-order valence-corrected chi connectivity index (χ4v) is 2.08. The van der Waals surface area contributed by atoms with E-state index in [1.165, 1.54) is 12.1 Å². The van der Waals surface area contributed by atoms with Crippen molar-refractivity contribution in [2.45, 2.75) is 26.3 Å². The van der Waals surface area contributed by atoms with Crippen LogP contribution in [-0.4, -0.2) is 22.6 Å².